The lowest BCUT2D eigenvalue weighted by Gasteiger charge is -2.25. The number of carbonyl (C=O) groups excluding carboxylic acids is 1. The largest absolute Gasteiger partial charge is 0.508 e. The molecule has 2 rings (SSSR count). The quantitative estimate of drug-likeness (QED) is 0.869. The van der Waals surface area contributed by atoms with Gasteiger partial charge in [0.25, 0.3) is 0 Å². The number of phenols is 1. The van der Waals surface area contributed by atoms with Gasteiger partial charge in [-0.05, 0) is 50.0 Å². The molecule has 4 nitrogen and oxygen atoms in total. The van der Waals surface area contributed by atoms with Crippen LogP contribution in [0.2, 0.25) is 0 Å². The Kier molecular flexibility index (Phi) is 5.41. The van der Waals surface area contributed by atoms with Crippen LogP contribution in [0.3, 0.4) is 0 Å². The number of nitrogens with one attached hydrogen (secondary N) is 1. The summed E-state index contributed by atoms with van der Waals surface area (Å²) in [5.41, 5.74) is 1.71. The number of hydrogen-bond donors (Lipinski definition) is 2. The van der Waals surface area contributed by atoms with Crippen LogP contribution in [-0.4, -0.2) is 35.5 Å². The summed E-state index contributed by atoms with van der Waals surface area (Å²) in [5.74, 6) is 0.221. The summed E-state index contributed by atoms with van der Waals surface area (Å²) in [5, 5.41) is 12.5. The molecule has 0 bridgehead atoms. The minimum absolute atomic E-state index is 0.0169. The lowest BCUT2D eigenvalue weighted by Crippen LogP contribution is -2.32. The number of aryl methyl sites for hydroxylation is 1. The van der Waals surface area contributed by atoms with Gasteiger partial charge in [0.05, 0.1) is 0 Å². The van der Waals surface area contributed by atoms with Crippen molar-refractivity contribution in [3.63, 3.8) is 0 Å². The highest BCUT2D eigenvalue weighted by molar-refractivity contribution is 5.91. The van der Waals surface area contributed by atoms with E-state index >= 15 is 0 Å². The normalized spacial score (nSPS) is 16.1. The van der Waals surface area contributed by atoms with Crippen molar-refractivity contribution in [2.45, 2.75) is 39.0 Å². The first-order chi connectivity index (χ1) is 9.67. The number of aromatic hydroxyl groups is 1. The van der Waals surface area contributed by atoms with Crippen molar-refractivity contribution in [1.29, 1.82) is 0 Å². The van der Waals surface area contributed by atoms with E-state index in [1.807, 2.05) is 13.0 Å². The van der Waals surface area contributed by atoms with E-state index in [1.165, 1.54) is 19.3 Å². The van der Waals surface area contributed by atoms with E-state index in [0.717, 1.165) is 31.6 Å². The first-order valence-electron chi connectivity index (χ1n) is 7.52. The van der Waals surface area contributed by atoms with Crippen molar-refractivity contribution in [1.82, 2.24) is 4.90 Å². The number of phenolic OH excluding ortho intramolecular Hbond substituents is 1. The van der Waals surface area contributed by atoms with E-state index in [2.05, 4.69) is 10.2 Å². The number of anilines is 1. The van der Waals surface area contributed by atoms with Gasteiger partial charge in [-0.2, -0.15) is 0 Å². The average Bonchev–Trinajstić information content (AvgIpc) is 2.45. The first kappa shape index (κ1) is 14.9. The van der Waals surface area contributed by atoms with Crippen molar-refractivity contribution in [2.24, 2.45) is 0 Å². The molecule has 0 saturated carbocycles. The van der Waals surface area contributed by atoms with Gasteiger partial charge in [-0.1, -0.05) is 13.3 Å². The van der Waals surface area contributed by atoms with Crippen LogP contribution in [0.4, 0.5) is 5.69 Å². The highest BCUT2D eigenvalue weighted by atomic mass is 16.3. The molecule has 110 valence electrons. The number of amides is 1. The third-order valence-electron chi connectivity index (χ3n) is 3.77. The number of nitrogens with zero attached hydrogens (tertiary/aromatic N) is 1. The number of benzene rings is 1. The minimum atomic E-state index is 0.0169. The first-order valence-corrected chi connectivity index (χ1v) is 7.52. The second kappa shape index (κ2) is 7.29. The molecule has 1 heterocycles. The number of carbonyl (C=O) groups is 1. The van der Waals surface area contributed by atoms with Crippen LogP contribution in [0.5, 0.6) is 5.75 Å². The van der Waals surface area contributed by atoms with Crippen molar-refractivity contribution in [3.8, 4) is 5.75 Å². The molecule has 2 N–H and O–H groups in total. The minimum Gasteiger partial charge on any atom is -0.508 e. The summed E-state index contributed by atoms with van der Waals surface area (Å²) in [7, 11) is 0. The van der Waals surface area contributed by atoms with Gasteiger partial charge in [0.15, 0.2) is 0 Å². The maximum atomic E-state index is 11.9. The van der Waals surface area contributed by atoms with Crippen LogP contribution < -0.4 is 5.32 Å². The van der Waals surface area contributed by atoms with Gasteiger partial charge in [0.2, 0.25) is 5.91 Å². The van der Waals surface area contributed by atoms with E-state index in [1.54, 1.807) is 12.1 Å². The van der Waals surface area contributed by atoms with Crippen LogP contribution in [0.25, 0.3) is 0 Å². The predicted octanol–water partition coefficient (Wildman–Crippen LogP) is 2.77. The van der Waals surface area contributed by atoms with Crippen molar-refractivity contribution >= 4 is 11.6 Å². The Morgan fingerprint density at radius 3 is 2.70 bits per heavy atom. The Morgan fingerprint density at radius 2 is 2.00 bits per heavy atom. The number of hydrogen-bond acceptors (Lipinski definition) is 3. The molecule has 0 radical (unpaired) electrons. The third kappa shape index (κ3) is 4.53. The molecule has 0 atom stereocenters. The average molecular weight is 276 g/mol. The molecule has 1 fully saturated rings. The van der Waals surface area contributed by atoms with Gasteiger partial charge in [-0.25, -0.2) is 0 Å². The monoisotopic (exact) mass is 276 g/mol. The lowest BCUT2D eigenvalue weighted by molar-refractivity contribution is -0.116. The fourth-order valence-corrected chi connectivity index (χ4v) is 2.62. The highest BCUT2D eigenvalue weighted by Crippen LogP contribution is 2.20. The third-order valence-corrected chi connectivity index (χ3v) is 3.77. The highest BCUT2D eigenvalue weighted by Gasteiger charge is 2.12. The molecular formula is C16H24N2O2. The van der Waals surface area contributed by atoms with E-state index in [9.17, 15) is 9.90 Å². The second-order valence-corrected chi connectivity index (χ2v) is 5.44. The van der Waals surface area contributed by atoms with Gasteiger partial charge >= 0.3 is 0 Å². The summed E-state index contributed by atoms with van der Waals surface area (Å²) in [6.07, 6.45) is 5.15. The van der Waals surface area contributed by atoms with Crippen LogP contribution in [0.1, 0.15) is 38.2 Å². The Hall–Kier alpha value is -1.55. The number of likely N-dealkylation sites (tertiary alicyclic amines) is 1. The van der Waals surface area contributed by atoms with Gasteiger partial charge < -0.3 is 15.3 Å². The zero-order chi connectivity index (χ0) is 14.4. The number of piperidine rings is 1. The summed E-state index contributed by atoms with van der Waals surface area (Å²) in [6.45, 7) is 5.07. The molecule has 1 aromatic rings. The maximum absolute atomic E-state index is 11.9. The molecule has 20 heavy (non-hydrogen) atoms. The standard InChI is InChI=1S/C16H24N2O2/c1-2-13-10-14(12-15(19)11-13)17-16(20)6-9-18-7-4-3-5-8-18/h10-12,19H,2-9H2,1H3,(H,17,20). The zero-order valence-corrected chi connectivity index (χ0v) is 12.2. The summed E-state index contributed by atoms with van der Waals surface area (Å²) < 4.78 is 0. The van der Waals surface area contributed by atoms with Crippen molar-refractivity contribution < 1.29 is 9.90 Å². The van der Waals surface area contributed by atoms with Crippen molar-refractivity contribution in [3.05, 3.63) is 23.8 Å². The molecule has 0 spiro atoms. The molecule has 4 heteroatoms. The summed E-state index contributed by atoms with van der Waals surface area (Å²) in [4.78, 5) is 14.3. The van der Waals surface area contributed by atoms with Crippen LogP contribution >= 0.6 is 0 Å². The molecular weight excluding hydrogens is 252 g/mol. The summed E-state index contributed by atoms with van der Waals surface area (Å²) in [6, 6.07) is 5.24. The molecule has 0 aromatic heterocycles. The second-order valence-electron chi connectivity index (χ2n) is 5.44. The zero-order valence-electron chi connectivity index (χ0n) is 12.2. The van der Waals surface area contributed by atoms with Crippen molar-refractivity contribution in [2.75, 3.05) is 25.0 Å². The SMILES string of the molecule is CCc1cc(O)cc(NC(=O)CCN2CCCCC2)c1. The predicted molar refractivity (Wildman–Crippen MR) is 81.0 cm³/mol. The molecule has 1 saturated heterocycles. The van der Waals surface area contributed by atoms with Gasteiger partial charge in [-0.3, -0.25) is 4.79 Å². The van der Waals surface area contributed by atoms with Gasteiger partial charge in [0, 0.05) is 24.7 Å². The van der Waals surface area contributed by atoms with Crippen LogP contribution in [0.15, 0.2) is 18.2 Å². The van der Waals surface area contributed by atoms with Crippen LogP contribution in [0, 0.1) is 0 Å². The Bertz CT molecular complexity index is 454. The molecule has 0 unspecified atom stereocenters. The summed E-state index contributed by atoms with van der Waals surface area (Å²) >= 11 is 0. The Morgan fingerprint density at radius 1 is 1.25 bits per heavy atom. The van der Waals surface area contributed by atoms with E-state index in [-0.39, 0.29) is 11.7 Å². The maximum Gasteiger partial charge on any atom is 0.225 e. The van der Waals surface area contributed by atoms with E-state index in [0.29, 0.717) is 12.1 Å². The fourth-order valence-electron chi connectivity index (χ4n) is 2.62. The van der Waals surface area contributed by atoms with E-state index in [4.69, 9.17) is 0 Å². The smallest absolute Gasteiger partial charge is 0.225 e. The molecule has 1 aliphatic rings. The number of rotatable bonds is 5. The lowest BCUT2D eigenvalue weighted by atomic mass is 10.1. The molecule has 1 aromatic carbocycles. The molecule has 1 aliphatic heterocycles. The van der Waals surface area contributed by atoms with Crippen LogP contribution in [-0.2, 0) is 11.2 Å². The van der Waals surface area contributed by atoms with Gasteiger partial charge in [-0.15, -0.1) is 0 Å². The molecule has 0 aliphatic carbocycles. The molecule has 1 amide bonds. The van der Waals surface area contributed by atoms with Gasteiger partial charge in [0.1, 0.15) is 5.75 Å². The fraction of sp³-hybridized carbons (Fsp3) is 0.562. The Labute approximate surface area is 120 Å². The topological polar surface area (TPSA) is 52.6 Å². The van der Waals surface area contributed by atoms with E-state index < -0.39 is 0 Å². The Balaban J connectivity index is 1.83.